The summed E-state index contributed by atoms with van der Waals surface area (Å²) < 4.78 is 1.81. The number of fused-ring (bicyclic) bond motifs is 1. The van der Waals surface area contributed by atoms with Gasteiger partial charge in [-0.1, -0.05) is 5.21 Å². The van der Waals surface area contributed by atoms with Gasteiger partial charge in [-0.05, 0) is 44.0 Å². The molecule has 2 aromatic heterocycles. The summed E-state index contributed by atoms with van der Waals surface area (Å²) in [5.74, 6) is 0.234. The van der Waals surface area contributed by atoms with Crippen molar-refractivity contribution in [1.29, 1.82) is 0 Å². The van der Waals surface area contributed by atoms with Gasteiger partial charge in [0.2, 0.25) is 0 Å². The van der Waals surface area contributed by atoms with Crippen LogP contribution in [0.3, 0.4) is 0 Å². The van der Waals surface area contributed by atoms with E-state index in [1.165, 1.54) is 0 Å². The van der Waals surface area contributed by atoms with Crippen molar-refractivity contribution in [1.82, 2.24) is 30.9 Å². The van der Waals surface area contributed by atoms with Crippen LogP contribution < -0.4 is 5.32 Å². The number of rotatable bonds is 3. The predicted molar refractivity (Wildman–Crippen MR) is 79.0 cm³/mol. The molecule has 1 amide bonds. The van der Waals surface area contributed by atoms with Crippen molar-refractivity contribution < 1.29 is 4.79 Å². The number of carbonyl (C=O) groups excluding carboxylic acids is 1. The average Bonchev–Trinajstić information content (AvgIpc) is 3.06. The summed E-state index contributed by atoms with van der Waals surface area (Å²) in [5.41, 5.74) is 1.45. The Labute approximate surface area is 129 Å². The normalized spacial score (nSPS) is 10.9. The fourth-order valence-corrected chi connectivity index (χ4v) is 2.50. The van der Waals surface area contributed by atoms with Gasteiger partial charge in [0.1, 0.15) is 0 Å². The lowest BCUT2D eigenvalue weighted by Gasteiger charge is -2.02. The van der Waals surface area contributed by atoms with Crippen molar-refractivity contribution >= 4 is 48.7 Å². The highest BCUT2D eigenvalue weighted by atomic mass is 79.9. The van der Waals surface area contributed by atoms with E-state index in [-0.39, 0.29) is 12.5 Å². The average molecular weight is 400 g/mol. The van der Waals surface area contributed by atoms with Crippen LogP contribution in [0.2, 0.25) is 0 Å². The van der Waals surface area contributed by atoms with Crippen LogP contribution in [0.5, 0.6) is 0 Å². The van der Waals surface area contributed by atoms with E-state index < -0.39 is 0 Å². The van der Waals surface area contributed by atoms with Crippen LogP contribution in [0, 0.1) is 0 Å². The third kappa shape index (κ3) is 2.46. The minimum Gasteiger partial charge on any atom is -0.360 e. The van der Waals surface area contributed by atoms with Gasteiger partial charge in [0, 0.05) is 26.0 Å². The van der Waals surface area contributed by atoms with Gasteiger partial charge >= 0.3 is 0 Å². The van der Waals surface area contributed by atoms with E-state index in [9.17, 15) is 4.79 Å². The molecule has 0 atom stereocenters. The number of hydrogen-bond donors (Lipinski definition) is 3. The van der Waals surface area contributed by atoms with Crippen molar-refractivity contribution in [2.45, 2.75) is 6.54 Å². The van der Waals surface area contributed by atoms with Gasteiger partial charge in [-0.15, -0.1) is 10.2 Å². The van der Waals surface area contributed by atoms with E-state index in [0.29, 0.717) is 11.4 Å². The number of nitrogens with one attached hydrogen (secondary N) is 3. The quantitative estimate of drug-likeness (QED) is 0.628. The van der Waals surface area contributed by atoms with Crippen LogP contribution in [0.4, 0.5) is 0 Å². The standard InChI is InChI=1S/C11H8Br2N6O/c12-7-1-5-6(3-14-9(5)2-8(7)13)11(20)15-4-10-16-18-19-17-10/h1-3,14H,4H2,(H,15,20)(H,16,17,18,19). The molecule has 0 radical (unpaired) electrons. The number of hydrogen-bond acceptors (Lipinski definition) is 4. The predicted octanol–water partition coefficient (Wildman–Crippen LogP) is 2.14. The Bertz CT molecular complexity index is 767. The molecule has 7 nitrogen and oxygen atoms in total. The molecule has 0 saturated carbocycles. The van der Waals surface area contributed by atoms with Crippen LogP contribution >= 0.6 is 31.9 Å². The molecule has 0 bridgehead atoms. The number of aromatic nitrogens is 5. The topological polar surface area (TPSA) is 99.3 Å². The Morgan fingerprint density at radius 2 is 2.10 bits per heavy atom. The molecular weight excluding hydrogens is 392 g/mol. The number of carbonyl (C=O) groups is 1. The maximum atomic E-state index is 12.2. The summed E-state index contributed by atoms with van der Waals surface area (Å²) >= 11 is 6.86. The largest absolute Gasteiger partial charge is 0.360 e. The Balaban J connectivity index is 1.86. The first kappa shape index (κ1) is 13.3. The van der Waals surface area contributed by atoms with Gasteiger partial charge in [-0.3, -0.25) is 4.79 Å². The van der Waals surface area contributed by atoms with Crippen LogP contribution in [0.1, 0.15) is 16.2 Å². The third-order valence-corrected chi connectivity index (χ3v) is 4.61. The van der Waals surface area contributed by atoms with Gasteiger partial charge in [-0.25, -0.2) is 0 Å². The molecule has 3 aromatic rings. The molecule has 0 fully saturated rings. The monoisotopic (exact) mass is 398 g/mol. The fourth-order valence-electron chi connectivity index (χ4n) is 1.82. The number of aromatic amines is 2. The maximum absolute atomic E-state index is 12.2. The molecule has 3 rings (SSSR count). The summed E-state index contributed by atoms with van der Waals surface area (Å²) in [4.78, 5) is 15.2. The van der Waals surface area contributed by atoms with Crippen molar-refractivity contribution in [3.05, 3.63) is 38.7 Å². The minimum atomic E-state index is -0.199. The molecule has 3 N–H and O–H groups in total. The smallest absolute Gasteiger partial charge is 0.253 e. The van der Waals surface area contributed by atoms with Gasteiger partial charge < -0.3 is 10.3 Å². The number of tetrazole rings is 1. The molecule has 0 saturated heterocycles. The summed E-state index contributed by atoms with van der Waals surface area (Å²) in [6, 6.07) is 3.80. The molecular formula is C11H8Br2N6O. The zero-order chi connectivity index (χ0) is 14.1. The van der Waals surface area contributed by atoms with Crippen LogP contribution in [-0.4, -0.2) is 31.5 Å². The van der Waals surface area contributed by atoms with Crippen molar-refractivity contribution in [2.75, 3.05) is 0 Å². The molecule has 9 heteroatoms. The van der Waals surface area contributed by atoms with Gasteiger partial charge in [-0.2, -0.15) is 5.21 Å². The molecule has 2 heterocycles. The zero-order valence-corrected chi connectivity index (χ0v) is 13.1. The fraction of sp³-hybridized carbons (Fsp3) is 0.0909. The molecule has 102 valence electrons. The molecule has 20 heavy (non-hydrogen) atoms. The summed E-state index contributed by atoms with van der Waals surface area (Å²) in [6.07, 6.45) is 1.68. The van der Waals surface area contributed by atoms with Crippen molar-refractivity contribution in [3.8, 4) is 0 Å². The first-order valence-corrected chi connectivity index (χ1v) is 7.20. The molecule has 0 aliphatic heterocycles. The first-order chi connectivity index (χ1) is 9.65. The van der Waals surface area contributed by atoms with Crippen LogP contribution in [-0.2, 0) is 6.54 Å². The highest BCUT2D eigenvalue weighted by Crippen LogP contribution is 2.29. The first-order valence-electron chi connectivity index (χ1n) is 5.62. The Hall–Kier alpha value is -1.74. The van der Waals surface area contributed by atoms with E-state index in [1.807, 2.05) is 12.1 Å². The van der Waals surface area contributed by atoms with E-state index in [4.69, 9.17) is 0 Å². The lowest BCUT2D eigenvalue weighted by atomic mass is 10.1. The molecule has 1 aromatic carbocycles. The van der Waals surface area contributed by atoms with Crippen LogP contribution in [0.25, 0.3) is 10.9 Å². The zero-order valence-electron chi connectivity index (χ0n) is 9.94. The highest BCUT2D eigenvalue weighted by Gasteiger charge is 2.14. The Kier molecular flexibility index (Phi) is 3.53. The van der Waals surface area contributed by atoms with E-state index >= 15 is 0 Å². The SMILES string of the molecule is O=C(NCc1nn[nH]n1)c1c[nH]c2cc(Br)c(Br)cc12. The molecule has 0 aliphatic carbocycles. The summed E-state index contributed by atoms with van der Waals surface area (Å²) in [5, 5.41) is 16.9. The van der Waals surface area contributed by atoms with Crippen molar-refractivity contribution in [2.24, 2.45) is 0 Å². The number of halogens is 2. The summed E-state index contributed by atoms with van der Waals surface area (Å²) in [7, 11) is 0. The molecule has 0 spiro atoms. The number of nitrogens with zero attached hydrogens (tertiary/aromatic N) is 3. The van der Waals surface area contributed by atoms with Gasteiger partial charge in [0.05, 0.1) is 12.1 Å². The number of benzene rings is 1. The second-order valence-corrected chi connectivity index (χ2v) is 5.73. The van der Waals surface area contributed by atoms with Gasteiger partial charge in [0.25, 0.3) is 5.91 Å². The minimum absolute atomic E-state index is 0.199. The maximum Gasteiger partial charge on any atom is 0.253 e. The van der Waals surface area contributed by atoms with Gasteiger partial charge in [0.15, 0.2) is 5.82 Å². The van der Waals surface area contributed by atoms with E-state index in [2.05, 4.69) is 62.8 Å². The summed E-state index contributed by atoms with van der Waals surface area (Å²) in [6.45, 7) is 0.222. The van der Waals surface area contributed by atoms with Crippen LogP contribution in [0.15, 0.2) is 27.3 Å². The van der Waals surface area contributed by atoms with Crippen molar-refractivity contribution in [3.63, 3.8) is 0 Å². The Morgan fingerprint density at radius 1 is 1.30 bits per heavy atom. The van der Waals surface area contributed by atoms with E-state index in [1.54, 1.807) is 6.20 Å². The third-order valence-electron chi connectivity index (χ3n) is 2.76. The second-order valence-electron chi connectivity index (χ2n) is 4.02. The lowest BCUT2D eigenvalue weighted by molar-refractivity contribution is 0.0951. The van der Waals surface area contributed by atoms with E-state index in [0.717, 1.165) is 19.8 Å². The lowest BCUT2D eigenvalue weighted by Crippen LogP contribution is -2.23. The number of amides is 1. The highest BCUT2D eigenvalue weighted by molar-refractivity contribution is 9.13. The Morgan fingerprint density at radius 3 is 2.85 bits per heavy atom. The number of H-pyrrole nitrogens is 2. The second kappa shape index (κ2) is 5.33. The molecule has 0 aliphatic rings. The molecule has 0 unspecified atom stereocenters.